The Balaban J connectivity index is 2.07. The number of carbonyl (C=O) groups is 1. The average molecular weight is 215 g/mol. The molecule has 0 aromatic heterocycles. The molecule has 88 valence electrons. The molecule has 0 bridgehead atoms. The van der Waals surface area contributed by atoms with Gasteiger partial charge in [-0.1, -0.05) is 13.8 Å². The zero-order valence-corrected chi connectivity index (χ0v) is 9.62. The van der Waals surface area contributed by atoms with Gasteiger partial charge in [0.25, 0.3) is 0 Å². The van der Waals surface area contributed by atoms with Gasteiger partial charge in [-0.2, -0.15) is 0 Å². The monoisotopic (exact) mass is 215 g/mol. The number of morpholine rings is 1. The van der Waals surface area contributed by atoms with Crippen LogP contribution in [0.2, 0.25) is 0 Å². The lowest BCUT2D eigenvalue weighted by molar-refractivity contribution is -0.149. The fraction of sp³-hybridized carbons (Fsp3) is 0.909. The Bertz CT molecular complexity index is 188. The SMILES string of the molecule is CC(C)CCCOC(=O)C1COCCN1. The van der Waals surface area contributed by atoms with Crippen molar-refractivity contribution >= 4 is 5.97 Å². The molecule has 1 aliphatic rings. The van der Waals surface area contributed by atoms with E-state index in [1.807, 2.05) is 0 Å². The highest BCUT2D eigenvalue weighted by atomic mass is 16.5. The summed E-state index contributed by atoms with van der Waals surface area (Å²) < 4.78 is 10.3. The van der Waals surface area contributed by atoms with E-state index in [-0.39, 0.29) is 12.0 Å². The number of hydrogen-bond acceptors (Lipinski definition) is 4. The summed E-state index contributed by atoms with van der Waals surface area (Å²) in [6.45, 7) is 6.69. The minimum atomic E-state index is -0.266. The fourth-order valence-electron chi connectivity index (χ4n) is 1.48. The first-order valence-corrected chi connectivity index (χ1v) is 5.68. The summed E-state index contributed by atoms with van der Waals surface area (Å²) in [5, 5.41) is 3.07. The highest BCUT2D eigenvalue weighted by Crippen LogP contribution is 2.04. The number of hydrogen-bond donors (Lipinski definition) is 1. The molecule has 1 saturated heterocycles. The van der Waals surface area contributed by atoms with Gasteiger partial charge in [-0.3, -0.25) is 4.79 Å². The molecule has 4 nitrogen and oxygen atoms in total. The van der Waals surface area contributed by atoms with E-state index in [1.165, 1.54) is 0 Å². The van der Waals surface area contributed by atoms with Crippen molar-refractivity contribution in [1.82, 2.24) is 5.32 Å². The molecule has 0 saturated carbocycles. The lowest BCUT2D eigenvalue weighted by Crippen LogP contribution is -2.47. The van der Waals surface area contributed by atoms with Crippen molar-refractivity contribution in [3.8, 4) is 0 Å². The number of esters is 1. The molecule has 0 aliphatic carbocycles. The highest BCUT2D eigenvalue weighted by molar-refractivity contribution is 5.76. The summed E-state index contributed by atoms with van der Waals surface area (Å²) >= 11 is 0. The van der Waals surface area contributed by atoms with Gasteiger partial charge in [0.1, 0.15) is 6.04 Å². The van der Waals surface area contributed by atoms with Crippen LogP contribution in [0.4, 0.5) is 0 Å². The smallest absolute Gasteiger partial charge is 0.325 e. The molecule has 1 heterocycles. The van der Waals surface area contributed by atoms with Crippen LogP contribution in [0, 0.1) is 5.92 Å². The third-order valence-electron chi connectivity index (χ3n) is 2.38. The normalized spacial score (nSPS) is 21.7. The lowest BCUT2D eigenvalue weighted by atomic mass is 10.1. The third kappa shape index (κ3) is 5.14. The molecule has 15 heavy (non-hydrogen) atoms. The summed E-state index contributed by atoms with van der Waals surface area (Å²) in [6.07, 6.45) is 2.04. The van der Waals surface area contributed by atoms with Gasteiger partial charge in [-0.15, -0.1) is 0 Å². The minimum absolute atomic E-state index is 0.182. The molecule has 4 heteroatoms. The second-order valence-electron chi connectivity index (χ2n) is 4.29. The summed E-state index contributed by atoms with van der Waals surface area (Å²) in [5.74, 6) is 0.485. The van der Waals surface area contributed by atoms with Crippen LogP contribution in [-0.2, 0) is 14.3 Å². The number of ether oxygens (including phenoxy) is 2. The maximum Gasteiger partial charge on any atom is 0.325 e. The molecule has 1 fully saturated rings. The van der Waals surface area contributed by atoms with Crippen molar-refractivity contribution in [2.75, 3.05) is 26.4 Å². The quantitative estimate of drug-likeness (QED) is 0.548. The molecule has 1 aliphatic heterocycles. The molecule has 0 aromatic carbocycles. The molecular formula is C11H21NO3. The maximum atomic E-state index is 11.5. The van der Waals surface area contributed by atoms with Gasteiger partial charge in [0.2, 0.25) is 0 Å². The molecule has 1 atom stereocenters. The van der Waals surface area contributed by atoms with Crippen LogP contribution in [0.25, 0.3) is 0 Å². The van der Waals surface area contributed by atoms with Crippen LogP contribution in [0.5, 0.6) is 0 Å². The van der Waals surface area contributed by atoms with Crippen molar-refractivity contribution in [2.24, 2.45) is 5.92 Å². The third-order valence-corrected chi connectivity index (χ3v) is 2.38. The first kappa shape index (κ1) is 12.5. The Morgan fingerprint density at radius 3 is 3.00 bits per heavy atom. The Morgan fingerprint density at radius 2 is 2.40 bits per heavy atom. The largest absolute Gasteiger partial charge is 0.464 e. The predicted octanol–water partition coefficient (Wildman–Crippen LogP) is 0.954. The Kier molecular flexibility index (Phi) is 5.65. The van der Waals surface area contributed by atoms with E-state index >= 15 is 0 Å². The number of carbonyl (C=O) groups excluding carboxylic acids is 1. The van der Waals surface area contributed by atoms with Crippen molar-refractivity contribution in [3.63, 3.8) is 0 Å². The summed E-state index contributed by atoms with van der Waals surface area (Å²) in [4.78, 5) is 11.5. The summed E-state index contributed by atoms with van der Waals surface area (Å²) in [7, 11) is 0. The molecule has 1 N–H and O–H groups in total. The van der Waals surface area contributed by atoms with Crippen LogP contribution >= 0.6 is 0 Å². The Labute approximate surface area is 91.3 Å². The van der Waals surface area contributed by atoms with Crippen LogP contribution in [0.3, 0.4) is 0 Å². The first-order chi connectivity index (χ1) is 7.20. The van der Waals surface area contributed by atoms with Gasteiger partial charge in [0, 0.05) is 6.54 Å². The van der Waals surface area contributed by atoms with Gasteiger partial charge in [-0.25, -0.2) is 0 Å². The molecule has 0 amide bonds. The molecule has 1 unspecified atom stereocenters. The van der Waals surface area contributed by atoms with E-state index in [4.69, 9.17) is 9.47 Å². The van der Waals surface area contributed by atoms with E-state index in [0.717, 1.165) is 19.4 Å². The van der Waals surface area contributed by atoms with Gasteiger partial charge >= 0.3 is 5.97 Å². The second kappa shape index (κ2) is 6.80. The molecule has 0 spiro atoms. The van der Waals surface area contributed by atoms with Crippen LogP contribution in [0.15, 0.2) is 0 Å². The van der Waals surface area contributed by atoms with Gasteiger partial charge in [0.15, 0.2) is 0 Å². The molecule has 0 radical (unpaired) electrons. The maximum absolute atomic E-state index is 11.5. The fourth-order valence-corrected chi connectivity index (χ4v) is 1.48. The number of nitrogens with one attached hydrogen (secondary N) is 1. The van der Waals surface area contributed by atoms with E-state index in [9.17, 15) is 4.79 Å². The standard InChI is InChI=1S/C11H21NO3/c1-9(2)4-3-6-15-11(13)10-8-14-7-5-12-10/h9-10,12H,3-8H2,1-2H3. The van der Waals surface area contributed by atoms with Crippen LogP contribution in [0.1, 0.15) is 26.7 Å². The van der Waals surface area contributed by atoms with Crippen LogP contribution < -0.4 is 5.32 Å². The van der Waals surface area contributed by atoms with Crippen molar-refractivity contribution < 1.29 is 14.3 Å². The minimum Gasteiger partial charge on any atom is -0.464 e. The molecular weight excluding hydrogens is 194 g/mol. The van der Waals surface area contributed by atoms with E-state index < -0.39 is 0 Å². The van der Waals surface area contributed by atoms with Crippen molar-refractivity contribution in [2.45, 2.75) is 32.7 Å². The van der Waals surface area contributed by atoms with Crippen molar-refractivity contribution in [1.29, 1.82) is 0 Å². The first-order valence-electron chi connectivity index (χ1n) is 5.68. The lowest BCUT2D eigenvalue weighted by Gasteiger charge is -2.22. The van der Waals surface area contributed by atoms with E-state index in [1.54, 1.807) is 0 Å². The van der Waals surface area contributed by atoms with Crippen molar-refractivity contribution in [3.05, 3.63) is 0 Å². The van der Waals surface area contributed by atoms with E-state index in [0.29, 0.717) is 25.7 Å². The molecule has 0 aromatic rings. The predicted molar refractivity (Wildman–Crippen MR) is 57.6 cm³/mol. The second-order valence-corrected chi connectivity index (χ2v) is 4.29. The van der Waals surface area contributed by atoms with E-state index in [2.05, 4.69) is 19.2 Å². The topological polar surface area (TPSA) is 47.6 Å². The average Bonchev–Trinajstić information content (AvgIpc) is 2.25. The van der Waals surface area contributed by atoms with Gasteiger partial charge < -0.3 is 14.8 Å². The Hall–Kier alpha value is -0.610. The summed E-state index contributed by atoms with van der Waals surface area (Å²) in [6, 6.07) is -0.266. The summed E-state index contributed by atoms with van der Waals surface area (Å²) in [5.41, 5.74) is 0. The number of rotatable bonds is 5. The van der Waals surface area contributed by atoms with Gasteiger partial charge in [-0.05, 0) is 18.8 Å². The van der Waals surface area contributed by atoms with Gasteiger partial charge in [0.05, 0.1) is 19.8 Å². The highest BCUT2D eigenvalue weighted by Gasteiger charge is 2.22. The Morgan fingerprint density at radius 1 is 1.60 bits per heavy atom. The zero-order valence-electron chi connectivity index (χ0n) is 9.62. The zero-order chi connectivity index (χ0) is 11.1. The molecule has 1 rings (SSSR count). The van der Waals surface area contributed by atoms with Crippen LogP contribution in [-0.4, -0.2) is 38.4 Å².